The summed E-state index contributed by atoms with van der Waals surface area (Å²) in [5.74, 6) is 6.18. The van der Waals surface area contributed by atoms with Gasteiger partial charge in [0.2, 0.25) is 0 Å². The molecule has 4 aliphatic carbocycles. The summed E-state index contributed by atoms with van der Waals surface area (Å²) >= 11 is 0. The van der Waals surface area contributed by atoms with Crippen LogP contribution in [-0.4, -0.2) is 5.78 Å². The molecule has 0 aromatic carbocycles. The van der Waals surface area contributed by atoms with Gasteiger partial charge in [0, 0.05) is 6.42 Å². The molecular formula is C30H48O. The van der Waals surface area contributed by atoms with Gasteiger partial charge in [-0.2, -0.15) is 0 Å². The number of allylic oxidation sites excluding steroid dienone is 2. The van der Waals surface area contributed by atoms with Crippen LogP contribution in [0, 0.1) is 52.3 Å². The SMILES string of the molecule is C=CCC1CC2=CC(=O)CC[C@]2(C)[C@H]2CC[C@]3(C)[C@@H]([C@H](C)CCCC(C)C)CC[C@H]3[C@H]12. The fourth-order valence-electron chi connectivity index (χ4n) is 9.18. The van der Waals surface area contributed by atoms with E-state index in [1.807, 2.05) is 0 Å². The molecule has 0 saturated heterocycles. The number of hydrogen-bond acceptors (Lipinski definition) is 1. The first kappa shape index (κ1) is 23.3. The van der Waals surface area contributed by atoms with Gasteiger partial charge < -0.3 is 0 Å². The summed E-state index contributed by atoms with van der Waals surface area (Å²) in [5, 5.41) is 0. The lowest BCUT2D eigenvalue weighted by Gasteiger charge is -2.61. The monoisotopic (exact) mass is 424 g/mol. The second-order valence-corrected chi connectivity index (χ2v) is 12.9. The second-order valence-electron chi connectivity index (χ2n) is 12.9. The Bertz CT molecular complexity index is 716. The van der Waals surface area contributed by atoms with Crippen molar-refractivity contribution < 1.29 is 4.79 Å². The van der Waals surface area contributed by atoms with Crippen molar-refractivity contribution in [2.24, 2.45) is 52.3 Å². The molecule has 174 valence electrons. The molecule has 4 aliphatic rings. The van der Waals surface area contributed by atoms with Gasteiger partial charge in [-0.25, -0.2) is 0 Å². The summed E-state index contributed by atoms with van der Waals surface area (Å²) in [5.41, 5.74) is 2.30. The summed E-state index contributed by atoms with van der Waals surface area (Å²) < 4.78 is 0. The Labute approximate surface area is 192 Å². The quantitative estimate of drug-likeness (QED) is 0.375. The van der Waals surface area contributed by atoms with Crippen LogP contribution in [-0.2, 0) is 4.79 Å². The van der Waals surface area contributed by atoms with E-state index in [0.717, 1.165) is 61.2 Å². The molecule has 0 amide bonds. The van der Waals surface area contributed by atoms with Crippen LogP contribution in [0.5, 0.6) is 0 Å². The van der Waals surface area contributed by atoms with Crippen molar-refractivity contribution in [2.75, 3.05) is 0 Å². The Balaban J connectivity index is 1.58. The van der Waals surface area contributed by atoms with Crippen LogP contribution in [0.3, 0.4) is 0 Å². The van der Waals surface area contributed by atoms with E-state index < -0.39 is 0 Å². The molecule has 0 aromatic heterocycles. The minimum absolute atomic E-state index is 0.276. The maximum Gasteiger partial charge on any atom is 0.155 e. The maximum absolute atomic E-state index is 12.3. The van der Waals surface area contributed by atoms with Crippen molar-refractivity contribution in [3.05, 3.63) is 24.3 Å². The number of hydrogen-bond donors (Lipinski definition) is 0. The van der Waals surface area contributed by atoms with Gasteiger partial charge in [-0.15, -0.1) is 6.58 Å². The summed E-state index contributed by atoms with van der Waals surface area (Å²) in [6, 6.07) is 0. The molecule has 1 unspecified atom stereocenters. The molecule has 3 fully saturated rings. The van der Waals surface area contributed by atoms with Gasteiger partial charge in [0.25, 0.3) is 0 Å². The van der Waals surface area contributed by atoms with E-state index in [9.17, 15) is 4.79 Å². The normalized spacial score (nSPS) is 43.1. The van der Waals surface area contributed by atoms with Crippen molar-refractivity contribution in [1.29, 1.82) is 0 Å². The summed E-state index contributed by atoms with van der Waals surface area (Å²) in [4.78, 5) is 12.3. The lowest BCUT2D eigenvalue weighted by molar-refractivity contribution is -0.119. The Morgan fingerprint density at radius 3 is 2.58 bits per heavy atom. The van der Waals surface area contributed by atoms with E-state index in [1.165, 1.54) is 50.5 Å². The largest absolute Gasteiger partial charge is 0.295 e. The van der Waals surface area contributed by atoms with Crippen molar-refractivity contribution in [2.45, 2.75) is 105 Å². The molecule has 0 heterocycles. The van der Waals surface area contributed by atoms with Gasteiger partial charge >= 0.3 is 0 Å². The average molecular weight is 425 g/mol. The minimum Gasteiger partial charge on any atom is -0.295 e. The fraction of sp³-hybridized carbons (Fsp3) is 0.833. The summed E-state index contributed by atoms with van der Waals surface area (Å²) in [7, 11) is 0. The Morgan fingerprint density at radius 1 is 1.10 bits per heavy atom. The zero-order valence-electron chi connectivity index (χ0n) is 21.1. The van der Waals surface area contributed by atoms with Crippen LogP contribution in [0.25, 0.3) is 0 Å². The molecule has 4 rings (SSSR count). The summed E-state index contributed by atoms with van der Waals surface area (Å²) in [6.07, 6.45) is 18.3. The predicted molar refractivity (Wildman–Crippen MR) is 132 cm³/mol. The van der Waals surface area contributed by atoms with E-state index in [2.05, 4.69) is 53.3 Å². The van der Waals surface area contributed by atoms with Gasteiger partial charge in [0.15, 0.2) is 5.78 Å². The number of ketones is 1. The van der Waals surface area contributed by atoms with Crippen LogP contribution < -0.4 is 0 Å². The van der Waals surface area contributed by atoms with Crippen molar-refractivity contribution in [1.82, 2.24) is 0 Å². The van der Waals surface area contributed by atoms with E-state index in [1.54, 1.807) is 0 Å². The lowest BCUT2D eigenvalue weighted by atomic mass is 9.44. The average Bonchev–Trinajstić information content (AvgIpc) is 3.06. The van der Waals surface area contributed by atoms with E-state index in [0.29, 0.717) is 17.1 Å². The highest BCUT2D eigenvalue weighted by atomic mass is 16.1. The number of rotatable bonds is 7. The molecule has 3 saturated carbocycles. The Morgan fingerprint density at radius 2 is 1.87 bits per heavy atom. The highest BCUT2D eigenvalue weighted by Gasteiger charge is 2.61. The van der Waals surface area contributed by atoms with E-state index in [-0.39, 0.29) is 5.41 Å². The molecular weight excluding hydrogens is 376 g/mol. The third-order valence-electron chi connectivity index (χ3n) is 10.8. The summed E-state index contributed by atoms with van der Waals surface area (Å²) in [6.45, 7) is 16.6. The number of carbonyl (C=O) groups excluding carboxylic acids is 1. The fourth-order valence-corrected chi connectivity index (χ4v) is 9.18. The number of carbonyl (C=O) groups is 1. The lowest BCUT2D eigenvalue weighted by Crippen LogP contribution is -2.54. The zero-order chi connectivity index (χ0) is 22.4. The molecule has 0 aliphatic heterocycles. The Hall–Kier alpha value is -0.850. The maximum atomic E-state index is 12.3. The predicted octanol–water partition coefficient (Wildman–Crippen LogP) is 8.40. The molecule has 1 nitrogen and oxygen atoms in total. The smallest absolute Gasteiger partial charge is 0.155 e. The second kappa shape index (κ2) is 8.83. The minimum atomic E-state index is 0.276. The van der Waals surface area contributed by atoms with Crippen molar-refractivity contribution in [3.8, 4) is 0 Å². The highest BCUT2D eigenvalue weighted by Crippen LogP contribution is 2.69. The molecule has 0 spiro atoms. The molecule has 0 bridgehead atoms. The Kier molecular flexibility index (Phi) is 6.64. The van der Waals surface area contributed by atoms with E-state index in [4.69, 9.17) is 0 Å². The van der Waals surface area contributed by atoms with E-state index >= 15 is 0 Å². The standard InChI is InChI=1S/C30H48O/c1-7-9-22-18-23-19-24(31)14-16-29(23,5)27-15-17-30(6)25(12-13-26(30)28(22)27)21(4)11-8-10-20(2)3/h7,19-22,25-28H,1,8-18H2,2-6H3/t21-,22?,25-,26+,27+,28+,29+,30-/m1/s1. The third-order valence-corrected chi connectivity index (χ3v) is 10.8. The molecule has 8 atom stereocenters. The molecule has 0 N–H and O–H groups in total. The van der Waals surface area contributed by atoms with Crippen LogP contribution in [0.1, 0.15) is 105 Å². The molecule has 31 heavy (non-hydrogen) atoms. The molecule has 0 aromatic rings. The van der Waals surface area contributed by atoms with Crippen LogP contribution in [0.15, 0.2) is 24.3 Å². The van der Waals surface area contributed by atoms with Gasteiger partial charge in [-0.3, -0.25) is 4.79 Å². The highest BCUT2D eigenvalue weighted by molar-refractivity contribution is 5.91. The topological polar surface area (TPSA) is 17.1 Å². The van der Waals surface area contributed by atoms with Crippen molar-refractivity contribution in [3.63, 3.8) is 0 Å². The van der Waals surface area contributed by atoms with Crippen LogP contribution in [0.2, 0.25) is 0 Å². The number of fused-ring (bicyclic) bond motifs is 5. The van der Waals surface area contributed by atoms with Gasteiger partial charge in [-0.1, -0.05) is 65.5 Å². The zero-order valence-corrected chi connectivity index (χ0v) is 21.1. The van der Waals surface area contributed by atoms with Gasteiger partial charge in [0.05, 0.1) is 0 Å². The van der Waals surface area contributed by atoms with Gasteiger partial charge in [-0.05, 0) is 103 Å². The van der Waals surface area contributed by atoms with Crippen LogP contribution in [0.4, 0.5) is 0 Å². The first-order chi connectivity index (χ1) is 14.7. The molecule has 1 heteroatoms. The van der Waals surface area contributed by atoms with Gasteiger partial charge in [0.1, 0.15) is 0 Å². The third kappa shape index (κ3) is 4.02. The first-order valence-electron chi connectivity index (χ1n) is 13.6. The van der Waals surface area contributed by atoms with Crippen LogP contribution >= 0.6 is 0 Å². The van der Waals surface area contributed by atoms with Crippen molar-refractivity contribution >= 4 is 5.78 Å². The molecule has 0 radical (unpaired) electrons. The first-order valence-corrected chi connectivity index (χ1v) is 13.6.